The van der Waals surface area contributed by atoms with Crippen LogP contribution in [0.2, 0.25) is 0 Å². The van der Waals surface area contributed by atoms with E-state index in [1.54, 1.807) is 6.92 Å². The summed E-state index contributed by atoms with van der Waals surface area (Å²) >= 11 is 0. The molecule has 5 heteroatoms. The van der Waals surface area contributed by atoms with Crippen LogP contribution in [0.4, 0.5) is 10.1 Å². The van der Waals surface area contributed by atoms with Crippen molar-refractivity contribution in [1.29, 1.82) is 0 Å². The lowest BCUT2D eigenvalue weighted by Gasteiger charge is -2.22. The van der Waals surface area contributed by atoms with Crippen LogP contribution in [0.5, 0.6) is 0 Å². The molecule has 20 heavy (non-hydrogen) atoms. The topological polar surface area (TPSA) is 40.6 Å². The summed E-state index contributed by atoms with van der Waals surface area (Å²) in [6.45, 7) is 5.08. The summed E-state index contributed by atoms with van der Waals surface area (Å²) in [4.78, 5) is 27.8. The smallest absolute Gasteiger partial charge is 0.299 e. The molecule has 0 bridgehead atoms. The number of hydrogen-bond donors (Lipinski definition) is 0. The Kier molecular flexibility index (Phi) is 3.30. The number of carbonyl (C=O) groups excluding carboxylic acids is 2. The minimum Gasteiger partial charge on any atom is -0.303 e. The highest BCUT2D eigenvalue weighted by molar-refractivity contribution is 6.52. The van der Waals surface area contributed by atoms with Crippen molar-refractivity contribution in [3.05, 3.63) is 29.1 Å². The molecule has 0 unspecified atom stereocenters. The fourth-order valence-electron chi connectivity index (χ4n) is 3.07. The number of likely N-dealkylation sites (tertiary alicyclic amines) is 1. The zero-order chi connectivity index (χ0) is 14.3. The SMILES string of the molecule is Cc1cc(F)cc2c1N(CCN1CCCC1)C(=O)C2=O. The summed E-state index contributed by atoms with van der Waals surface area (Å²) in [5, 5.41) is 0. The summed E-state index contributed by atoms with van der Waals surface area (Å²) < 4.78 is 13.4. The van der Waals surface area contributed by atoms with Crippen LogP contribution in [0.15, 0.2) is 12.1 Å². The molecule has 1 amide bonds. The zero-order valence-corrected chi connectivity index (χ0v) is 11.5. The second-order valence-corrected chi connectivity index (χ2v) is 5.45. The van der Waals surface area contributed by atoms with E-state index in [0.717, 1.165) is 19.6 Å². The molecule has 0 atom stereocenters. The lowest BCUT2D eigenvalue weighted by Crippen LogP contribution is -2.37. The maximum absolute atomic E-state index is 13.4. The average molecular weight is 276 g/mol. The van der Waals surface area contributed by atoms with Crippen LogP contribution >= 0.6 is 0 Å². The molecule has 1 aromatic carbocycles. The standard InChI is InChI=1S/C15H17FN2O2/c1-10-8-11(16)9-12-13(10)18(15(20)14(12)19)7-6-17-4-2-3-5-17/h8-9H,2-7H2,1H3. The Morgan fingerprint density at radius 1 is 1.15 bits per heavy atom. The second kappa shape index (κ2) is 4.98. The third-order valence-corrected chi connectivity index (χ3v) is 4.06. The first-order chi connectivity index (χ1) is 9.58. The number of amides is 1. The maximum Gasteiger partial charge on any atom is 0.299 e. The minimum atomic E-state index is -0.593. The lowest BCUT2D eigenvalue weighted by atomic mass is 10.1. The molecule has 106 valence electrons. The number of ketones is 1. The molecule has 0 spiro atoms. The Balaban J connectivity index is 1.85. The molecule has 0 radical (unpaired) electrons. The first-order valence-electron chi connectivity index (χ1n) is 6.96. The van der Waals surface area contributed by atoms with E-state index in [1.807, 2.05) is 0 Å². The molecule has 3 rings (SSSR count). The number of nitrogens with zero attached hydrogens (tertiary/aromatic N) is 2. The van der Waals surface area contributed by atoms with E-state index in [0.29, 0.717) is 17.8 Å². The van der Waals surface area contributed by atoms with Gasteiger partial charge in [-0.25, -0.2) is 4.39 Å². The van der Waals surface area contributed by atoms with E-state index < -0.39 is 17.5 Å². The molecule has 1 saturated heterocycles. The van der Waals surface area contributed by atoms with Gasteiger partial charge < -0.3 is 9.80 Å². The molecular weight excluding hydrogens is 259 g/mol. The van der Waals surface area contributed by atoms with Gasteiger partial charge in [-0.15, -0.1) is 0 Å². The summed E-state index contributed by atoms with van der Waals surface area (Å²) in [7, 11) is 0. The van der Waals surface area contributed by atoms with Gasteiger partial charge in [-0.05, 0) is 50.6 Å². The van der Waals surface area contributed by atoms with Crippen molar-refractivity contribution in [2.45, 2.75) is 19.8 Å². The predicted molar refractivity (Wildman–Crippen MR) is 73.5 cm³/mol. The molecule has 1 aromatic rings. The second-order valence-electron chi connectivity index (χ2n) is 5.45. The van der Waals surface area contributed by atoms with E-state index in [9.17, 15) is 14.0 Å². The van der Waals surface area contributed by atoms with Gasteiger partial charge >= 0.3 is 0 Å². The Hall–Kier alpha value is -1.75. The third-order valence-electron chi connectivity index (χ3n) is 4.06. The molecule has 0 N–H and O–H groups in total. The fraction of sp³-hybridized carbons (Fsp3) is 0.467. The Labute approximate surface area is 117 Å². The normalized spacial score (nSPS) is 19.0. The van der Waals surface area contributed by atoms with Crippen LogP contribution in [0.25, 0.3) is 0 Å². The van der Waals surface area contributed by atoms with Gasteiger partial charge in [0.05, 0.1) is 11.3 Å². The van der Waals surface area contributed by atoms with E-state index in [1.165, 1.54) is 29.9 Å². The number of Topliss-reactive ketones (excluding diaryl/α,β-unsaturated/α-hetero) is 1. The summed E-state index contributed by atoms with van der Waals surface area (Å²) in [5.41, 5.74) is 1.43. The fourth-order valence-corrected chi connectivity index (χ4v) is 3.07. The first-order valence-corrected chi connectivity index (χ1v) is 6.96. The van der Waals surface area contributed by atoms with E-state index in [2.05, 4.69) is 4.90 Å². The van der Waals surface area contributed by atoms with Crippen LogP contribution < -0.4 is 4.90 Å². The molecule has 0 saturated carbocycles. The molecule has 2 aliphatic rings. The molecule has 2 aliphatic heterocycles. The highest BCUT2D eigenvalue weighted by Gasteiger charge is 2.37. The van der Waals surface area contributed by atoms with Crippen LogP contribution in [0.3, 0.4) is 0 Å². The van der Waals surface area contributed by atoms with Crippen molar-refractivity contribution in [1.82, 2.24) is 4.90 Å². The van der Waals surface area contributed by atoms with Crippen LogP contribution in [-0.2, 0) is 4.79 Å². The van der Waals surface area contributed by atoms with Crippen molar-refractivity contribution < 1.29 is 14.0 Å². The summed E-state index contributed by atoms with van der Waals surface area (Å²) in [5.74, 6) is -1.60. The number of carbonyl (C=O) groups is 2. The van der Waals surface area contributed by atoms with Crippen molar-refractivity contribution in [2.24, 2.45) is 0 Å². The van der Waals surface area contributed by atoms with Gasteiger partial charge in [-0.3, -0.25) is 9.59 Å². The van der Waals surface area contributed by atoms with Gasteiger partial charge in [0.2, 0.25) is 0 Å². The molecule has 1 fully saturated rings. The van der Waals surface area contributed by atoms with Gasteiger partial charge in [0.25, 0.3) is 11.7 Å². The zero-order valence-electron chi connectivity index (χ0n) is 11.5. The lowest BCUT2D eigenvalue weighted by molar-refractivity contribution is -0.114. The van der Waals surface area contributed by atoms with Gasteiger partial charge in [-0.2, -0.15) is 0 Å². The highest BCUT2D eigenvalue weighted by atomic mass is 19.1. The number of halogens is 1. The Morgan fingerprint density at radius 3 is 2.55 bits per heavy atom. The summed E-state index contributed by atoms with van der Waals surface area (Å²) in [6.07, 6.45) is 2.38. The third kappa shape index (κ3) is 2.12. The van der Waals surface area contributed by atoms with Crippen molar-refractivity contribution in [3.8, 4) is 0 Å². The summed E-state index contributed by atoms with van der Waals surface area (Å²) in [6, 6.07) is 2.53. The van der Waals surface area contributed by atoms with Gasteiger partial charge in [0, 0.05) is 13.1 Å². The Morgan fingerprint density at radius 2 is 1.85 bits per heavy atom. The largest absolute Gasteiger partial charge is 0.303 e. The molecular formula is C15H17FN2O2. The van der Waals surface area contributed by atoms with Crippen molar-refractivity contribution in [2.75, 3.05) is 31.1 Å². The minimum absolute atomic E-state index is 0.203. The van der Waals surface area contributed by atoms with E-state index in [-0.39, 0.29) is 5.56 Å². The van der Waals surface area contributed by atoms with Gasteiger partial charge in [-0.1, -0.05) is 0 Å². The van der Waals surface area contributed by atoms with Crippen LogP contribution in [0.1, 0.15) is 28.8 Å². The average Bonchev–Trinajstić information content (AvgIpc) is 2.98. The van der Waals surface area contributed by atoms with Crippen molar-refractivity contribution in [3.63, 3.8) is 0 Å². The molecule has 0 aliphatic carbocycles. The Bertz CT molecular complexity index is 579. The first kappa shape index (κ1) is 13.2. The van der Waals surface area contributed by atoms with E-state index in [4.69, 9.17) is 0 Å². The number of anilines is 1. The maximum atomic E-state index is 13.4. The van der Waals surface area contributed by atoms with Gasteiger partial charge in [0.1, 0.15) is 5.82 Å². The number of aryl methyl sites for hydroxylation is 1. The van der Waals surface area contributed by atoms with Crippen molar-refractivity contribution >= 4 is 17.4 Å². The van der Waals surface area contributed by atoms with E-state index >= 15 is 0 Å². The van der Waals surface area contributed by atoms with Crippen LogP contribution in [0, 0.1) is 12.7 Å². The number of fused-ring (bicyclic) bond motifs is 1. The highest BCUT2D eigenvalue weighted by Crippen LogP contribution is 2.33. The number of benzene rings is 1. The molecule has 2 heterocycles. The quantitative estimate of drug-likeness (QED) is 0.790. The van der Waals surface area contributed by atoms with Gasteiger partial charge in [0.15, 0.2) is 0 Å². The monoisotopic (exact) mass is 276 g/mol. The number of hydrogen-bond acceptors (Lipinski definition) is 3. The predicted octanol–water partition coefficient (Wildman–Crippen LogP) is 1.76. The molecule has 4 nitrogen and oxygen atoms in total. The van der Waals surface area contributed by atoms with Crippen LogP contribution in [-0.4, -0.2) is 42.8 Å². The molecule has 0 aromatic heterocycles. The number of rotatable bonds is 3.